The Bertz CT molecular complexity index is 231. The summed E-state index contributed by atoms with van der Waals surface area (Å²) in [6, 6.07) is 0. The Hall–Kier alpha value is -0.275. The summed E-state index contributed by atoms with van der Waals surface area (Å²) in [5.74, 6) is 0.918. The second-order valence-electron chi connectivity index (χ2n) is 4.34. The Morgan fingerprint density at radius 1 is 1.11 bits per heavy atom. The summed E-state index contributed by atoms with van der Waals surface area (Å²) in [4.78, 5) is 2.85. The quantitative estimate of drug-likeness (QED) is 0.288. The molecule has 0 bridgehead atoms. The van der Waals surface area contributed by atoms with Crippen LogP contribution in [0.4, 0.5) is 0 Å². The number of hydrogen-bond acceptors (Lipinski definition) is 2. The van der Waals surface area contributed by atoms with E-state index in [2.05, 4.69) is 21.8 Å². The van der Waals surface area contributed by atoms with E-state index in [9.17, 15) is 0 Å². The van der Waals surface area contributed by atoms with Crippen LogP contribution in [0.15, 0.2) is 5.11 Å². The highest BCUT2D eigenvalue weighted by molar-refractivity contribution is 8.00. The number of thioether (sulfide) groups is 1. The highest BCUT2D eigenvalue weighted by atomic mass is 32.2. The number of fused-ring (bicyclic) bond motifs is 1. The molecule has 3 atom stereocenters. The summed E-state index contributed by atoms with van der Waals surface area (Å²) in [7, 11) is 0. The van der Waals surface area contributed by atoms with Gasteiger partial charge in [-0.3, -0.25) is 0 Å². The number of azide groups is 1. The molecule has 0 aromatic heterocycles. The van der Waals surface area contributed by atoms with Crippen LogP contribution in [-0.4, -0.2) is 25.5 Å². The largest absolute Gasteiger partial charge is 0.155 e. The molecule has 1 heterocycles. The van der Waals surface area contributed by atoms with Crippen LogP contribution in [0.2, 0.25) is 0 Å². The fourth-order valence-corrected chi connectivity index (χ4v) is 4.46. The van der Waals surface area contributed by atoms with Gasteiger partial charge < -0.3 is 0 Å². The smallest absolute Gasteiger partial charge is 0.0377 e. The zero-order chi connectivity index (χ0) is 13.8. The molecule has 2 fully saturated rings. The van der Waals surface area contributed by atoms with Gasteiger partial charge in [0.25, 0.3) is 0 Å². The van der Waals surface area contributed by atoms with E-state index in [1.165, 1.54) is 38.5 Å². The molecule has 0 unspecified atom stereocenters. The molecule has 3 nitrogen and oxygen atoms in total. The van der Waals surface area contributed by atoms with Crippen molar-refractivity contribution >= 4 is 20.2 Å². The molecule has 1 saturated heterocycles. The van der Waals surface area contributed by atoms with Crippen molar-refractivity contribution in [1.29, 1.82) is 0 Å². The third-order valence-electron chi connectivity index (χ3n) is 3.37. The minimum atomic E-state index is 0. The molecule has 0 amide bonds. The molecular formula is C14H29BN3S. The van der Waals surface area contributed by atoms with Crippen LogP contribution in [0, 0.1) is 5.92 Å². The number of nitrogens with zero attached hydrogens (tertiary/aromatic N) is 3. The first-order valence-electron chi connectivity index (χ1n) is 7.56. The number of hydrogen-bond donors (Lipinski definition) is 0. The van der Waals surface area contributed by atoms with Gasteiger partial charge in [-0.15, -0.1) is 0 Å². The highest BCUT2D eigenvalue weighted by Crippen LogP contribution is 2.45. The lowest BCUT2D eigenvalue weighted by Gasteiger charge is -2.13. The predicted molar refractivity (Wildman–Crippen MR) is 88.8 cm³/mol. The molecule has 19 heavy (non-hydrogen) atoms. The minimum Gasteiger partial charge on any atom is -0.155 e. The minimum absolute atomic E-state index is 0. The Balaban J connectivity index is 0. The molecule has 109 valence electrons. The molecule has 2 aliphatic rings. The van der Waals surface area contributed by atoms with E-state index < -0.39 is 0 Å². The van der Waals surface area contributed by atoms with Gasteiger partial charge >= 0.3 is 0 Å². The van der Waals surface area contributed by atoms with Gasteiger partial charge in [0.1, 0.15) is 0 Å². The SMILES string of the molecule is CC.CC.[B].[N-]=[N+]=NC[C@H]1C[C@@H]2CCCCC[C@H]2S1. The van der Waals surface area contributed by atoms with Crippen LogP contribution in [0.1, 0.15) is 66.2 Å². The van der Waals surface area contributed by atoms with E-state index in [0.29, 0.717) is 11.8 Å². The fraction of sp³-hybridized carbons (Fsp3) is 1.00. The van der Waals surface area contributed by atoms with Crippen molar-refractivity contribution in [3.8, 4) is 0 Å². The van der Waals surface area contributed by atoms with E-state index in [-0.39, 0.29) is 8.41 Å². The molecule has 3 radical (unpaired) electrons. The molecule has 1 aliphatic heterocycles. The first kappa shape index (κ1) is 21.0. The number of rotatable bonds is 2. The van der Waals surface area contributed by atoms with Gasteiger partial charge in [0.15, 0.2) is 0 Å². The van der Waals surface area contributed by atoms with Crippen LogP contribution in [0.5, 0.6) is 0 Å². The molecule has 2 rings (SSSR count). The maximum Gasteiger partial charge on any atom is 0.0377 e. The molecule has 0 aromatic carbocycles. The molecule has 0 spiro atoms. The molecule has 1 saturated carbocycles. The zero-order valence-electron chi connectivity index (χ0n) is 13.0. The van der Waals surface area contributed by atoms with Gasteiger partial charge in [0.05, 0.1) is 0 Å². The van der Waals surface area contributed by atoms with Gasteiger partial charge in [-0.25, -0.2) is 0 Å². The van der Waals surface area contributed by atoms with E-state index in [4.69, 9.17) is 5.53 Å². The third-order valence-corrected chi connectivity index (χ3v) is 5.07. The third kappa shape index (κ3) is 7.79. The van der Waals surface area contributed by atoms with E-state index >= 15 is 0 Å². The first-order valence-corrected chi connectivity index (χ1v) is 8.51. The maximum absolute atomic E-state index is 8.28. The van der Waals surface area contributed by atoms with Gasteiger partial charge in [-0.05, 0) is 30.7 Å². The Kier molecular flexibility index (Phi) is 15.7. The molecule has 5 heteroatoms. The normalized spacial score (nSPS) is 27.9. The van der Waals surface area contributed by atoms with Crippen LogP contribution < -0.4 is 0 Å². The monoisotopic (exact) mass is 282 g/mol. The second kappa shape index (κ2) is 14.1. The van der Waals surface area contributed by atoms with Gasteiger partial charge in [0, 0.05) is 30.4 Å². The molecule has 1 aliphatic carbocycles. The Morgan fingerprint density at radius 3 is 2.37 bits per heavy atom. The van der Waals surface area contributed by atoms with Crippen LogP contribution in [0.25, 0.3) is 10.4 Å². The summed E-state index contributed by atoms with van der Waals surface area (Å²) in [6.07, 6.45) is 8.33. The van der Waals surface area contributed by atoms with Crippen molar-refractivity contribution in [2.45, 2.75) is 76.7 Å². The van der Waals surface area contributed by atoms with Crippen molar-refractivity contribution in [3.05, 3.63) is 10.4 Å². The summed E-state index contributed by atoms with van der Waals surface area (Å²) < 4.78 is 0. The van der Waals surface area contributed by atoms with Crippen molar-refractivity contribution < 1.29 is 0 Å². The van der Waals surface area contributed by atoms with Gasteiger partial charge in [-0.2, -0.15) is 11.8 Å². The molecule has 0 N–H and O–H groups in total. The van der Waals surface area contributed by atoms with E-state index in [1.54, 1.807) is 0 Å². The Morgan fingerprint density at radius 2 is 1.74 bits per heavy atom. The van der Waals surface area contributed by atoms with Crippen LogP contribution in [0.3, 0.4) is 0 Å². The lowest BCUT2D eigenvalue weighted by molar-refractivity contribution is 0.461. The second-order valence-corrected chi connectivity index (χ2v) is 5.89. The van der Waals surface area contributed by atoms with Gasteiger partial charge in [-0.1, -0.05) is 52.1 Å². The van der Waals surface area contributed by atoms with Crippen molar-refractivity contribution in [2.75, 3.05) is 6.54 Å². The first-order chi connectivity index (χ1) is 8.90. The average Bonchev–Trinajstić information content (AvgIpc) is 2.71. The van der Waals surface area contributed by atoms with E-state index in [0.717, 1.165) is 11.2 Å². The van der Waals surface area contributed by atoms with Crippen molar-refractivity contribution in [1.82, 2.24) is 0 Å². The zero-order valence-corrected chi connectivity index (χ0v) is 13.8. The average molecular weight is 282 g/mol. The fourth-order valence-electron chi connectivity index (χ4n) is 2.68. The summed E-state index contributed by atoms with van der Waals surface area (Å²) in [5, 5.41) is 5.18. The summed E-state index contributed by atoms with van der Waals surface area (Å²) in [5.41, 5.74) is 8.28. The Labute approximate surface area is 125 Å². The molecule has 0 aromatic rings. The molecular weight excluding hydrogens is 253 g/mol. The lowest BCUT2D eigenvalue weighted by Crippen LogP contribution is -2.08. The topological polar surface area (TPSA) is 48.8 Å². The standard InChI is InChI=1S/C10H17N3S.2C2H6.B/c11-13-12-7-9-6-8-4-2-1-3-5-10(8)14-9;2*1-2;/h8-10H,1-7H2;2*1-2H3;/t8-,9+,10+;;;/m0.../s1. The lowest BCUT2D eigenvalue weighted by atomic mass is 9.95. The van der Waals surface area contributed by atoms with Crippen LogP contribution in [-0.2, 0) is 0 Å². The highest BCUT2D eigenvalue weighted by Gasteiger charge is 2.34. The maximum atomic E-state index is 8.28. The summed E-state index contributed by atoms with van der Waals surface area (Å²) in [6.45, 7) is 8.70. The van der Waals surface area contributed by atoms with Gasteiger partial charge in [0.2, 0.25) is 0 Å². The van der Waals surface area contributed by atoms with E-state index in [1.807, 2.05) is 27.7 Å². The van der Waals surface area contributed by atoms with Crippen molar-refractivity contribution in [3.63, 3.8) is 0 Å². The predicted octanol–water partition coefficient (Wildman–Crippen LogP) is 5.42. The van der Waals surface area contributed by atoms with Crippen LogP contribution >= 0.6 is 11.8 Å². The van der Waals surface area contributed by atoms with Crippen molar-refractivity contribution in [2.24, 2.45) is 11.0 Å². The summed E-state index contributed by atoms with van der Waals surface area (Å²) >= 11 is 2.08.